The third kappa shape index (κ3) is 4.59. The third-order valence-electron chi connectivity index (χ3n) is 5.37. The van der Waals surface area contributed by atoms with Crippen molar-refractivity contribution in [2.24, 2.45) is 5.92 Å². The van der Waals surface area contributed by atoms with E-state index in [4.69, 9.17) is 11.6 Å². The normalized spacial score (nSPS) is 16.7. The summed E-state index contributed by atoms with van der Waals surface area (Å²) in [6.07, 6.45) is 5.53. The Hall–Kier alpha value is -2.86. The van der Waals surface area contributed by atoms with E-state index in [1.807, 2.05) is 23.2 Å². The van der Waals surface area contributed by atoms with Crippen LogP contribution in [-0.2, 0) is 16.1 Å². The summed E-state index contributed by atoms with van der Waals surface area (Å²) in [4.78, 5) is 31.2. The minimum atomic E-state index is -0.224. The lowest BCUT2D eigenvalue weighted by Crippen LogP contribution is -2.44. The Morgan fingerprint density at radius 2 is 2.03 bits per heavy atom. The summed E-state index contributed by atoms with van der Waals surface area (Å²) in [5.74, 6) is 0.235. The van der Waals surface area contributed by atoms with Gasteiger partial charge in [0.05, 0.1) is 10.9 Å². The molecule has 1 N–H and O–H groups in total. The van der Waals surface area contributed by atoms with Crippen LogP contribution in [0.3, 0.4) is 0 Å². The van der Waals surface area contributed by atoms with Crippen molar-refractivity contribution >= 4 is 40.1 Å². The van der Waals surface area contributed by atoms with Crippen LogP contribution in [0.4, 0.5) is 5.82 Å². The van der Waals surface area contributed by atoms with Crippen LogP contribution < -0.4 is 5.32 Å². The smallest absolute Gasteiger partial charge is 0.230 e. The number of piperidine rings is 1. The zero-order valence-corrected chi connectivity index (χ0v) is 16.8. The number of fused-ring (bicyclic) bond motifs is 1. The van der Waals surface area contributed by atoms with Crippen molar-refractivity contribution in [3.05, 3.63) is 59.9 Å². The third-order valence-corrected chi connectivity index (χ3v) is 5.59. The molecule has 7 heteroatoms. The molecule has 0 saturated carbocycles. The summed E-state index contributed by atoms with van der Waals surface area (Å²) < 4.78 is 2.10. The van der Waals surface area contributed by atoms with Gasteiger partial charge in [-0.1, -0.05) is 29.8 Å². The molecule has 3 heterocycles. The monoisotopic (exact) mass is 410 g/mol. The second kappa shape index (κ2) is 8.66. The van der Waals surface area contributed by atoms with E-state index in [0.717, 1.165) is 18.4 Å². The molecule has 1 atom stereocenters. The topological polar surface area (TPSA) is 67.2 Å². The number of likely N-dealkylation sites (tertiary alicyclic amines) is 1. The maximum Gasteiger partial charge on any atom is 0.230 e. The number of nitrogens with one attached hydrogen (secondary N) is 1. The minimum absolute atomic E-state index is 0.0879. The quantitative estimate of drug-likeness (QED) is 0.692. The zero-order chi connectivity index (χ0) is 20.2. The highest BCUT2D eigenvalue weighted by atomic mass is 35.5. The molecule has 0 aliphatic carbocycles. The second-order valence-corrected chi connectivity index (χ2v) is 7.78. The first-order valence-electron chi connectivity index (χ1n) is 9.84. The van der Waals surface area contributed by atoms with Crippen LogP contribution in [0, 0.1) is 5.92 Å². The van der Waals surface area contributed by atoms with E-state index in [1.54, 1.807) is 12.1 Å². The van der Waals surface area contributed by atoms with Crippen molar-refractivity contribution in [3.8, 4) is 0 Å². The molecule has 1 aliphatic rings. The number of hydrogen-bond acceptors (Lipinski definition) is 3. The molecule has 0 bridgehead atoms. The Bertz CT molecular complexity index is 1020. The van der Waals surface area contributed by atoms with E-state index >= 15 is 0 Å². The van der Waals surface area contributed by atoms with Gasteiger partial charge >= 0.3 is 0 Å². The Kier molecular flexibility index (Phi) is 5.81. The molecular weight excluding hydrogens is 388 g/mol. The Balaban J connectivity index is 1.33. The number of halogens is 1. The summed E-state index contributed by atoms with van der Waals surface area (Å²) >= 11 is 5.83. The minimum Gasteiger partial charge on any atom is -0.347 e. The summed E-state index contributed by atoms with van der Waals surface area (Å²) in [5, 5.41) is 4.51. The van der Waals surface area contributed by atoms with Crippen LogP contribution in [0.2, 0.25) is 5.02 Å². The van der Waals surface area contributed by atoms with Crippen LogP contribution in [0.25, 0.3) is 10.9 Å². The predicted molar refractivity (Wildman–Crippen MR) is 114 cm³/mol. The number of rotatable bonds is 5. The summed E-state index contributed by atoms with van der Waals surface area (Å²) in [6.45, 7) is 1.79. The lowest BCUT2D eigenvalue weighted by atomic mass is 9.97. The molecule has 2 amide bonds. The molecule has 150 valence electrons. The lowest BCUT2D eigenvalue weighted by molar-refractivity contribution is -0.134. The molecule has 1 fully saturated rings. The average molecular weight is 411 g/mol. The molecule has 1 saturated heterocycles. The van der Waals surface area contributed by atoms with Gasteiger partial charge < -0.3 is 14.8 Å². The molecule has 29 heavy (non-hydrogen) atoms. The fourth-order valence-corrected chi connectivity index (χ4v) is 3.92. The van der Waals surface area contributed by atoms with E-state index in [2.05, 4.69) is 33.1 Å². The Morgan fingerprint density at radius 1 is 1.17 bits per heavy atom. The van der Waals surface area contributed by atoms with Gasteiger partial charge in [0.25, 0.3) is 0 Å². The number of para-hydroxylation sites is 1. The first-order valence-corrected chi connectivity index (χ1v) is 10.2. The fourth-order valence-electron chi connectivity index (χ4n) is 3.81. The molecule has 1 unspecified atom stereocenters. The van der Waals surface area contributed by atoms with Gasteiger partial charge in [0.1, 0.15) is 5.82 Å². The van der Waals surface area contributed by atoms with E-state index in [-0.39, 0.29) is 17.7 Å². The van der Waals surface area contributed by atoms with Crippen LogP contribution >= 0.6 is 11.6 Å². The maximum atomic E-state index is 12.7. The molecule has 1 aromatic carbocycles. The number of aromatic nitrogens is 2. The summed E-state index contributed by atoms with van der Waals surface area (Å²) in [6, 6.07) is 13.6. The van der Waals surface area contributed by atoms with E-state index in [0.29, 0.717) is 36.9 Å². The van der Waals surface area contributed by atoms with Crippen molar-refractivity contribution in [1.29, 1.82) is 0 Å². The van der Waals surface area contributed by atoms with Crippen LogP contribution in [0.15, 0.2) is 54.9 Å². The SMILES string of the molecule is O=C(Nc1ccc(Cl)cn1)C1CCCN(C(=O)CCn2ccc3ccccc32)C1. The van der Waals surface area contributed by atoms with Crippen molar-refractivity contribution in [2.75, 3.05) is 18.4 Å². The van der Waals surface area contributed by atoms with E-state index in [1.165, 1.54) is 11.6 Å². The average Bonchev–Trinajstić information content (AvgIpc) is 3.17. The summed E-state index contributed by atoms with van der Waals surface area (Å²) in [5.41, 5.74) is 1.13. The molecule has 0 spiro atoms. The van der Waals surface area contributed by atoms with Crippen molar-refractivity contribution in [3.63, 3.8) is 0 Å². The van der Waals surface area contributed by atoms with Gasteiger partial charge in [0.2, 0.25) is 11.8 Å². The maximum absolute atomic E-state index is 12.7. The summed E-state index contributed by atoms with van der Waals surface area (Å²) in [7, 11) is 0. The number of nitrogens with zero attached hydrogens (tertiary/aromatic N) is 3. The molecule has 4 rings (SSSR count). The highest BCUT2D eigenvalue weighted by Gasteiger charge is 2.28. The first kappa shape index (κ1) is 19.5. The molecule has 6 nitrogen and oxygen atoms in total. The first-order chi connectivity index (χ1) is 14.1. The number of amides is 2. The number of benzene rings is 1. The second-order valence-electron chi connectivity index (χ2n) is 7.35. The number of pyridine rings is 1. The molecule has 2 aromatic heterocycles. The highest BCUT2D eigenvalue weighted by molar-refractivity contribution is 6.30. The number of carbonyl (C=O) groups is 2. The number of anilines is 1. The molecule has 3 aromatic rings. The number of carbonyl (C=O) groups excluding carboxylic acids is 2. The predicted octanol–water partition coefficient (Wildman–Crippen LogP) is 3.96. The van der Waals surface area contributed by atoms with Crippen LogP contribution in [-0.4, -0.2) is 39.4 Å². The van der Waals surface area contributed by atoms with Crippen LogP contribution in [0.5, 0.6) is 0 Å². The van der Waals surface area contributed by atoms with Gasteiger partial charge in [-0.15, -0.1) is 0 Å². The van der Waals surface area contributed by atoms with Gasteiger partial charge in [0.15, 0.2) is 0 Å². The lowest BCUT2D eigenvalue weighted by Gasteiger charge is -2.32. The molecule has 0 radical (unpaired) electrons. The standard InChI is InChI=1S/C22H23ClN4O2/c23-18-7-8-20(24-14-18)25-22(29)17-5-3-11-27(15-17)21(28)10-13-26-12-9-16-4-1-2-6-19(16)26/h1-2,4,6-9,12,14,17H,3,5,10-11,13,15H2,(H,24,25,29). The van der Waals surface area contributed by atoms with Crippen molar-refractivity contribution < 1.29 is 9.59 Å². The Labute approximate surface area is 174 Å². The largest absolute Gasteiger partial charge is 0.347 e. The van der Waals surface area contributed by atoms with Crippen LogP contribution in [0.1, 0.15) is 19.3 Å². The Morgan fingerprint density at radius 3 is 2.86 bits per heavy atom. The highest BCUT2D eigenvalue weighted by Crippen LogP contribution is 2.20. The van der Waals surface area contributed by atoms with E-state index < -0.39 is 0 Å². The van der Waals surface area contributed by atoms with Gasteiger partial charge in [-0.05, 0) is 42.5 Å². The van der Waals surface area contributed by atoms with Gasteiger partial charge in [0, 0.05) is 44.0 Å². The zero-order valence-electron chi connectivity index (χ0n) is 16.1. The van der Waals surface area contributed by atoms with Gasteiger partial charge in [-0.3, -0.25) is 9.59 Å². The van der Waals surface area contributed by atoms with Crippen molar-refractivity contribution in [1.82, 2.24) is 14.5 Å². The molecular formula is C22H23ClN4O2. The van der Waals surface area contributed by atoms with Crippen molar-refractivity contribution in [2.45, 2.75) is 25.8 Å². The van der Waals surface area contributed by atoms with Gasteiger partial charge in [-0.25, -0.2) is 4.98 Å². The van der Waals surface area contributed by atoms with Gasteiger partial charge in [-0.2, -0.15) is 0 Å². The van der Waals surface area contributed by atoms with E-state index in [9.17, 15) is 9.59 Å². The number of aryl methyl sites for hydroxylation is 1. The molecule has 1 aliphatic heterocycles. The fraction of sp³-hybridized carbons (Fsp3) is 0.318. The number of hydrogen-bond donors (Lipinski definition) is 1.